The number of halogens is 1. The van der Waals surface area contributed by atoms with Crippen LogP contribution in [-0.2, 0) is 6.42 Å². The van der Waals surface area contributed by atoms with Crippen LogP contribution in [0.25, 0.3) is 0 Å². The Hall–Kier alpha value is 0.0600. The van der Waals surface area contributed by atoms with E-state index < -0.39 is 0 Å². The molecular weight excluding hydrogens is 334 g/mol. The summed E-state index contributed by atoms with van der Waals surface area (Å²) in [5.74, 6) is 5.98. The number of likely N-dealkylation sites (tertiary alicyclic amines) is 1. The Morgan fingerprint density at radius 2 is 2.00 bits per heavy atom. The molecule has 0 radical (unpaired) electrons. The Balaban J connectivity index is 1.80. The summed E-state index contributed by atoms with van der Waals surface area (Å²) in [5.41, 5.74) is 3.46. The molecule has 3 rings (SSSR count). The first-order valence-electron chi connectivity index (χ1n) is 7.69. The van der Waals surface area contributed by atoms with Crippen molar-refractivity contribution in [1.29, 1.82) is 0 Å². The van der Waals surface area contributed by atoms with Gasteiger partial charge in [0.2, 0.25) is 0 Å². The second-order valence-corrected chi connectivity index (χ2v) is 8.07. The molecule has 1 aromatic rings. The third-order valence-corrected chi connectivity index (χ3v) is 6.80. The highest BCUT2D eigenvalue weighted by atomic mass is 79.9. The fourth-order valence-corrected chi connectivity index (χ4v) is 5.60. The maximum atomic E-state index is 5.98. The van der Waals surface area contributed by atoms with Crippen LogP contribution in [0.5, 0.6) is 0 Å². The van der Waals surface area contributed by atoms with E-state index in [4.69, 9.17) is 5.84 Å². The van der Waals surface area contributed by atoms with Gasteiger partial charge in [-0.25, -0.2) is 0 Å². The first-order chi connectivity index (χ1) is 9.74. The Morgan fingerprint density at radius 3 is 2.55 bits per heavy atom. The number of hydrazine groups is 1. The van der Waals surface area contributed by atoms with E-state index in [1.54, 1.807) is 0 Å². The number of hydrogen-bond donors (Lipinski definition) is 2. The van der Waals surface area contributed by atoms with Crippen LogP contribution in [0.2, 0.25) is 0 Å². The highest BCUT2D eigenvalue weighted by Crippen LogP contribution is 2.41. The summed E-state index contributed by atoms with van der Waals surface area (Å²) in [6.45, 7) is 2.51. The van der Waals surface area contributed by atoms with Crippen LogP contribution < -0.4 is 11.3 Å². The zero-order valence-corrected chi connectivity index (χ0v) is 14.3. The fraction of sp³-hybridized carbons (Fsp3) is 0.733. The lowest BCUT2D eigenvalue weighted by atomic mass is 9.84. The maximum absolute atomic E-state index is 5.98. The quantitative estimate of drug-likeness (QED) is 0.627. The molecule has 1 aliphatic heterocycles. The highest BCUT2D eigenvalue weighted by molar-refractivity contribution is 9.10. The van der Waals surface area contributed by atoms with E-state index in [0.29, 0.717) is 11.6 Å². The number of hydrogen-bond acceptors (Lipinski definition) is 4. The minimum atomic E-state index is 0.293. The molecule has 112 valence electrons. The molecule has 0 aromatic carbocycles. The van der Waals surface area contributed by atoms with E-state index in [1.807, 2.05) is 11.3 Å². The fourth-order valence-electron chi connectivity index (χ4n) is 4.10. The number of thiophene rings is 1. The normalized spacial score (nSPS) is 24.3. The first-order valence-corrected chi connectivity index (χ1v) is 9.36. The minimum Gasteiger partial charge on any atom is -0.296 e. The summed E-state index contributed by atoms with van der Waals surface area (Å²) in [4.78, 5) is 4.15. The highest BCUT2D eigenvalue weighted by Gasteiger charge is 2.46. The SMILES string of the molecule is NNC(Cc1cc(Br)cs1)C1(N2CCCC2)CCCC1. The smallest absolute Gasteiger partial charge is 0.0442 e. The molecular formula is C15H24BrN3S. The predicted molar refractivity (Wildman–Crippen MR) is 88.8 cm³/mol. The van der Waals surface area contributed by atoms with E-state index >= 15 is 0 Å². The molecule has 3 nitrogen and oxygen atoms in total. The monoisotopic (exact) mass is 357 g/mol. The van der Waals surface area contributed by atoms with Gasteiger partial charge in [-0.1, -0.05) is 12.8 Å². The summed E-state index contributed by atoms with van der Waals surface area (Å²) < 4.78 is 1.19. The van der Waals surface area contributed by atoms with Crippen molar-refractivity contribution in [2.45, 2.75) is 56.5 Å². The van der Waals surface area contributed by atoms with Gasteiger partial charge in [0, 0.05) is 32.7 Å². The lowest BCUT2D eigenvalue weighted by Crippen LogP contribution is -2.61. The standard InChI is InChI=1S/C15H24BrN3S/c16-12-9-13(20-11-12)10-14(18-17)15(5-1-2-6-15)19-7-3-4-8-19/h9,11,14,18H,1-8,10,17H2. The van der Waals surface area contributed by atoms with Gasteiger partial charge in [0.15, 0.2) is 0 Å². The Morgan fingerprint density at radius 1 is 1.30 bits per heavy atom. The lowest BCUT2D eigenvalue weighted by molar-refractivity contribution is 0.0769. The van der Waals surface area contributed by atoms with Gasteiger partial charge >= 0.3 is 0 Å². The van der Waals surface area contributed by atoms with Crippen LogP contribution >= 0.6 is 27.3 Å². The summed E-state index contributed by atoms with van der Waals surface area (Å²) >= 11 is 5.39. The molecule has 5 heteroatoms. The van der Waals surface area contributed by atoms with Gasteiger partial charge in [-0.2, -0.15) is 0 Å². The summed E-state index contributed by atoms with van der Waals surface area (Å²) in [6.07, 6.45) is 9.05. The Labute approximate surface area is 134 Å². The van der Waals surface area contributed by atoms with Gasteiger partial charge in [-0.3, -0.25) is 16.2 Å². The zero-order valence-electron chi connectivity index (χ0n) is 11.9. The number of nitrogens with two attached hydrogens (primary N) is 1. The number of nitrogens with zero attached hydrogens (tertiary/aromatic N) is 1. The number of nitrogens with one attached hydrogen (secondary N) is 1. The summed E-state index contributed by atoms with van der Waals surface area (Å²) in [7, 11) is 0. The van der Waals surface area contributed by atoms with Gasteiger partial charge in [0.25, 0.3) is 0 Å². The third-order valence-electron chi connectivity index (χ3n) is 5.08. The largest absolute Gasteiger partial charge is 0.296 e. The first kappa shape index (κ1) is 15.0. The molecule has 3 N–H and O–H groups in total. The van der Waals surface area contributed by atoms with E-state index in [9.17, 15) is 0 Å². The molecule has 0 bridgehead atoms. The predicted octanol–water partition coefficient (Wildman–Crippen LogP) is 3.29. The third kappa shape index (κ3) is 2.83. The van der Waals surface area contributed by atoms with Crippen molar-refractivity contribution in [1.82, 2.24) is 10.3 Å². The van der Waals surface area contributed by atoms with Crippen LogP contribution in [0.15, 0.2) is 15.9 Å². The topological polar surface area (TPSA) is 41.3 Å². The van der Waals surface area contributed by atoms with Gasteiger partial charge in [0.05, 0.1) is 0 Å². The molecule has 1 aliphatic carbocycles. The molecule has 0 spiro atoms. The summed E-state index contributed by atoms with van der Waals surface area (Å²) in [5, 5.41) is 2.17. The second kappa shape index (κ2) is 6.44. The van der Waals surface area contributed by atoms with Crippen LogP contribution in [0.3, 0.4) is 0 Å². The zero-order chi connectivity index (χ0) is 14.0. The maximum Gasteiger partial charge on any atom is 0.0442 e. The van der Waals surface area contributed by atoms with Crippen molar-refractivity contribution in [3.63, 3.8) is 0 Å². The van der Waals surface area contributed by atoms with E-state index in [0.717, 1.165) is 6.42 Å². The molecule has 1 atom stereocenters. The van der Waals surface area contributed by atoms with Crippen LogP contribution in [0.4, 0.5) is 0 Å². The van der Waals surface area contributed by atoms with E-state index in [1.165, 1.54) is 61.0 Å². The van der Waals surface area contributed by atoms with Crippen molar-refractivity contribution in [3.8, 4) is 0 Å². The van der Waals surface area contributed by atoms with Crippen molar-refractivity contribution in [3.05, 3.63) is 20.8 Å². The van der Waals surface area contributed by atoms with Crippen LogP contribution in [0.1, 0.15) is 43.4 Å². The van der Waals surface area contributed by atoms with Gasteiger partial charge in [-0.15, -0.1) is 11.3 Å². The van der Waals surface area contributed by atoms with Gasteiger partial charge in [-0.05, 0) is 60.8 Å². The van der Waals surface area contributed by atoms with Crippen molar-refractivity contribution in [2.75, 3.05) is 13.1 Å². The molecule has 20 heavy (non-hydrogen) atoms. The minimum absolute atomic E-state index is 0.293. The van der Waals surface area contributed by atoms with Gasteiger partial charge in [0.1, 0.15) is 0 Å². The van der Waals surface area contributed by atoms with Crippen LogP contribution in [-0.4, -0.2) is 29.6 Å². The van der Waals surface area contributed by atoms with Crippen molar-refractivity contribution < 1.29 is 0 Å². The lowest BCUT2D eigenvalue weighted by Gasteiger charge is -2.44. The van der Waals surface area contributed by atoms with Crippen LogP contribution in [0, 0.1) is 0 Å². The Kier molecular flexibility index (Phi) is 4.82. The summed E-state index contributed by atoms with van der Waals surface area (Å²) in [6, 6.07) is 2.61. The Bertz CT molecular complexity index is 436. The molecule has 1 aromatic heterocycles. The second-order valence-electron chi connectivity index (χ2n) is 6.16. The van der Waals surface area contributed by atoms with Crippen molar-refractivity contribution >= 4 is 27.3 Å². The molecule has 1 saturated carbocycles. The van der Waals surface area contributed by atoms with Gasteiger partial charge < -0.3 is 0 Å². The van der Waals surface area contributed by atoms with Crippen molar-refractivity contribution in [2.24, 2.45) is 5.84 Å². The molecule has 2 aliphatic rings. The average molecular weight is 358 g/mol. The van der Waals surface area contributed by atoms with E-state index in [-0.39, 0.29) is 0 Å². The molecule has 1 saturated heterocycles. The molecule has 1 unspecified atom stereocenters. The molecule has 2 heterocycles. The number of rotatable bonds is 5. The average Bonchev–Trinajstić information content (AvgIpc) is 3.17. The molecule has 0 amide bonds. The molecule has 2 fully saturated rings. The van der Waals surface area contributed by atoms with E-state index in [2.05, 4.69) is 37.7 Å².